The summed E-state index contributed by atoms with van der Waals surface area (Å²) in [6, 6.07) is 5.57. The van der Waals surface area contributed by atoms with Crippen molar-refractivity contribution in [2.75, 3.05) is 0 Å². The van der Waals surface area contributed by atoms with Crippen molar-refractivity contribution in [2.45, 2.75) is 12.4 Å². The van der Waals surface area contributed by atoms with E-state index in [1.807, 2.05) is 0 Å². The normalized spacial score (nSPS) is 12.3. The van der Waals surface area contributed by atoms with Crippen LogP contribution in [0.1, 0.15) is 21.5 Å². The van der Waals surface area contributed by atoms with Crippen molar-refractivity contribution in [3.63, 3.8) is 0 Å². The molecule has 2 aromatic rings. The molecule has 0 radical (unpaired) electrons. The largest absolute Gasteiger partial charge is 0.478 e. The summed E-state index contributed by atoms with van der Waals surface area (Å²) in [7, 11) is 0. The molecule has 0 atom stereocenters. The van der Waals surface area contributed by atoms with Crippen LogP contribution in [0.2, 0.25) is 0 Å². The second kappa shape index (κ2) is 5.60. The van der Waals surface area contributed by atoms with E-state index >= 15 is 0 Å². The van der Waals surface area contributed by atoms with Gasteiger partial charge in [0.15, 0.2) is 0 Å². The quantitative estimate of drug-likeness (QED) is 0.777. The number of carboxylic acids is 1. The topological polar surface area (TPSA) is 37.3 Å². The number of rotatable bonds is 2. The molecule has 0 aliphatic rings. The van der Waals surface area contributed by atoms with Crippen LogP contribution in [0.5, 0.6) is 0 Å². The molecule has 2 aromatic carbocycles. The van der Waals surface area contributed by atoms with Crippen molar-refractivity contribution >= 4 is 5.97 Å². The number of carbonyl (C=O) groups is 1. The Balaban J connectivity index is 2.66. The molecular weight excluding hydrogens is 326 g/mol. The van der Waals surface area contributed by atoms with Gasteiger partial charge < -0.3 is 5.11 Å². The van der Waals surface area contributed by atoms with Crippen LogP contribution < -0.4 is 0 Å². The highest BCUT2D eigenvalue weighted by molar-refractivity contribution is 5.89. The zero-order chi connectivity index (χ0) is 17.4. The van der Waals surface area contributed by atoms with E-state index in [0.717, 1.165) is 30.3 Å². The van der Waals surface area contributed by atoms with Crippen LogP contribution in [-0.2, 0) is 12.4 Å². The summed E-state index contributed by atoms with van der Waals surface area (Å²) in [6.45, 7) is 0. The van der Waals surface area contributed by atoms with E-state index in [2.05, 4.69) is 0 Å². The summed E-state index contributed by atoms with van der Waals surface area (Å²) >= 11 is 0. The molecule has 1 N–H and O–H groups in total. The minimum Gasteiger partial charge on any atom is -0.478 e. The monoisotopic (exact) mass is 334 g/mol. The molecule has 0 aliphatic carbocycles. The molecule has 0 saturated heterocycles. The first-order valence-electron chi connectivity index (χ1n) is 6.12. The molecule has 23 heavy (non-hydrogen) atoms. The van der Waals surface area contributed by atoms with E-state index in [1.54, 1.807) is 0 Å². The molecule has 0 aromatic heterocycles. The van der Waals surface area contributed by atoms with Crippen molar-refractivity contribution in [3.8, 4) is 11.1 Å². The second-order valence-electron chi connectivity index (χ2n) is 4.64. The van der Waals surface area contributed by atoms with Crippen LogP contribution in [0, 0.1) is 0 Å². The van der Waals surface area contributed by atoms with Gasteiger partial charge in [0.1, 0.15) is 0 Å². The minimum absolute atomic E-state index is 0.302. The lowest BCUT2D eigenvalue weighted by Crippen LogP contribution is -2.10. The predicted octanol–water partition coefficient (Wildman–Crippen LogP) is 5.09. The highest BCUT2D eigenvalue weighted by Gasteiger charge is 2.35. The van der Waals surface area contributed by atoms with Gasteiger partial charge in [-0.1, -0.05) is 18.2 Å². The van der Waals surface area contributed by atoms with E-state index in [-0.39, 0.29) is 5.56 Å². The third kappa shape index (κ3) is 3.64. The van der Waals surface area contributed by atoms with Crippen LogP contribution >= 0.6 is 0 Å². The summed E-state index contributed by atoms with van der Waals surface area (Å²) < 4.78 is 77.4. The minimum atomic E-state index is -4.91. The molecule has 2 rings (SSSR count). The zero-order valence-corrected chi connectivity index (χ0v) is 11.2. The van der Waals surface area contributed by atoms with E-state index in [0.29, 0.717) is 12.1 Å². The first-order chi connectivity index (χ1) is 10.5. The molecule has 122 valence electrons. The summed E-state index contributed by atoms with van der Waals surface area (Å²) in [5.74, 6) is -1.56. The van der Waals surface area contributed by atoms with E-state index in [1.165, 1.54) is 0 Å². The molecule has 0 unspecified atom stereocenters. The Morgan fingerprint density at radius 2 is 1.52 bits per heavy atom. The highest BCUT2D eigenvalue weighted by Crippen LogP contribution is 2.39. The van der Waals surface area contributed by atoms with E-state index in [4.69, 9.17) is 5.11 Å². The fourth-order valence-corrected chi connectivity index (χ4v) is 2.03. The lowest BCUT2D eigenvalue weighted by Gasteiger charge is -2.15. The summed E-state index contributed by atoms with van der Waals surface area (Å²) in [5, 5.41) is 8.77. The summed E-state index contributed by atoms with van der Waals surface area (Å²) in [4.78, 5) is 10.8. The SMILES string of the molecule is O=C(O)c1ccc(-c2cccc(C(F)(F)F)c2)c(C(F)(F)F)c1. The van der Waals surface area contributed by atoms with Gasteiger partial charge in [0, 0.05) is 0 Å². The van der Waals surface area contributed by atoms with Crippen molar-refractivity contribution in [2.24, 2.45) is 0 Å². The fourth-order valence-electron chi connectivity index (χ4n) is 2.03. The van der Waals surface area contributed by atoms with Gasteiger partial charge in [-0.2, -0.15) is 26.3 Å². The average Bonchev–Trinajstić information content (AvgIpc) is 2.45. The van der Waals surface area contributed by atoms with Crippen LogP contribution in [-0.4, -0.2) is 11.1 Å². The first-order valence-corrected chi connectivity index (χ1v) is 6.12. The molecule has 0 saturated carbocycles. The van der Waals surface area contributed by atoms with E-state index < -0.39 is 40.6 Å². The molecule has 0 aliphatic heterocycles. The van der Waals surface area contributed by atoms with Gasteiger partial charge in [0.2, 0.25) is 0 Å². The van der Waals surface area contributed by atoms with Gasteiger partial charge in [-0.15, -0.1) is 0 Å². The number of benzene rings is 2. The number of halogens is 6. The molecular formula is C15H8F6O2. The number of hydrogen-bond acceptors (Lipinski definition) is 1. The maximum absolute atomic E-state index is 13.1. The van der Waals surface area contributed by atoms with Crippen molar-refractivity contribution in [1.29, 1.82) is 0 Å². The Morgan fingerprint density at radius 3 is 2.04 bits per heavy atom. The number of carboxylic acid groups (broad SMARTS) is 1. The van der Waals surface area contributed by atoms with Crippen LogP contribution in [0.15, 0.2) is 42.5 Å². The van der Waals surface area contributed by atoms with Crippen molar-refractivity contribution in [3.05, 3.63) is 59.2 Å². The molecule has 0 spiro atoms. The van der Waals surface area contributed by atoms with Crippen LogP contribution in [0.3, 0.4) is 0 Å². The van der Waals surface area contributed by atoms with Crippen LogP contribution in [0.25, 0.3) is 11.1 Å². The van der Waals surface area contributed by atoms with Crippen molar-refractivity contribution < 1.29 is 36.2 Å². The Morgan fingerprint density at radius 1 is 0.870 bits per heavy atom. The molecule has 2 nitrogen and oxygen atoms in total. The lowest BCUT2D eigenvalue weighted by molar-refractivity contribution is -0.137. The Kier molecular flexibility index (Phi) is 4.10. The van der Waals surface area contributed by atoms with Gasteiger partial charge >= 0.3 is 18.3 Å². The molecule has 0 fully saturated rings. The maximum Gasteiger partial charge on any atom is 0.417 e. The Labute approximate surface area is 126 Å². The number of hydrogen-bond donors (Lipinski definition) is 1. The third-order valence-corrected chi connectivity index (χ3v) is 3.07. The maximum atomic E-state index is 13.1. The average molecular weight is 334 g/mol. The molecule has 0 bridgehead atoms. The summed E-state index contributed by atoms with van der Waals surface area (Å²) in [6.07, 6.45) is -9.61. The van der Waals surface area contributed by atoms with Crippen molar-refractivity contribution in [1.82, 2.24) is 0 Å². The lowest BCUT2D eigenvalue weighted by atomic mass is 9.95. The van der Waals surface area contributed by atoms with Gasteiger partial charge in [0.05, 0.1) is 16.7 Å². The molecule has 0 heterocycles. The van der Waals surface area contributed by atoms with E-state index in [9.17, 15) is 31.1 Å². The van der Waals surface area contributed by atoms with Gasteiger partial charge in [-0.25, -0.2) is 4.79 Å². The summed E-state index contributed by atoms with van der Waals surface area (Å²) in [5.41, 5.74) is -3.83. The first kappa shape index (κ1) is 16.9. The Hall–Kier alpha value is -2.51. The third-order valence-electron chi connectivity index (χ3n) is 3.07. The fraction of sp³-hybridized carbons (Fsp3) is 0.133. The highest BCUT2D eigenvalue weighted by atomic mass is 19.4. The number of aromatic carboxylic acids is 1. The smallest absolute Gasteiger partial charge is 0.417 e. The second-order valence-corrected chi connectivity index (χ2v) is 4.64. The van der Waals surface area contributed by atoms with Gasteiger partial charge in [-0.3, -0.25) is 0 Å². The standard InChI is InChI=1S/C15H8F6O2/c16-14(17,18)10-3-1-2-8(6-10)11-5-4-9(13(22)23)7-12(11)15(19,20)21/h1-7H,(H,22,23). The molecule has 0 amide bonds. The Bertz CT molecular complexity index is 746. The predicted molar refractivity (Wildman–Crippen MR) is 68.8 cm³/mol. The van der Waals surface area contributed by atoms with Gasteiger partial charge in [-0.05, 0) is 35.4 Å². The zero-order valence-electron chi connectivity index (χ0n) is 11.2. The molecule has 8 heteroatoms. The number of alkyl halides is 6. The van der Waals surface area contributed by atoms with Crippen LogP contribution in [0.4, 0.5) is 26.3 Å². The van der Waals surface area contributed by atoms with Gasteiger partial charge in [0.25, 0.3) is 0 Å².